The zero-order valence-corrected chi connectivity index (χ0v) is 40.2. The number of nitrogens with zero attached hydrogens (tertiary/aromatic N) is 2. The average molecular weight is 883 g/mol. The molecule has 68 heavy (non-hydrogen) atoms. The normalized spacial score (nSPS) is 11.8. The van der Waals surface area contributed by atoms with Gasteiger partial charge in [0.25, 0.3) is 0 Å². The summed E-state index contributed by atoms with van der Waals surface area (Å²) in [4.78, 5) is 4.80. The molecule has 0 bridgehead atoms. The molecule has 0 fully saturated rings. The molecule has 3 nitrogen and oxygen atoms in total. The Labute approximate surface area is 402 Å². The molecule has 0 N–H and O–H groups in total. The molecule has 0 saturated carbocycles. The van der Waals surface area contributed by atoms with E-state index in [0.717, 1.165) is 89.6 Å². The van der Waals surface area contributed by atoms with E-state index in [1.807, 2.05) is 6.26 Å². The number of anilines is 6. The number of para-hydroxylation sites is 2. The summed E-state index contributed by atoms with van der Waals surface area (Å²) in [5, 5.41) is 2.14. The van der Waals surface area contributed by atoms with Crippen molar-refractivity contribution in [1.82, 2.24) is 0 Å². The van der Waals surface area contributed by atoms with Crippen molar-refractivity contribution in [2.75, 3.05) is 9.80 Å². The first-order valence-electron chi connectivity index (χ1n) is 23.7. The lowest BCUT2D eigenvalue weighted by Crippen LogP contribution is -2.19. The van der Waals surface area contributed by atoms with Gasteiger partial charge in [-0.15, -0.1) is 0 Å². The topological polar surface area (TPSA) is 19.6 Å². The molecule has 0 aliphatic carbocycles. The Morgan fingerprint density at radius 3 is 1.31 bits per heavy atom. The minimum Gasteiger partial charge on any atom is -0.463 e. The van der Waals surface area contributed by atoms with Gasteiger partial charge in [0.1, 0.15) is 5.76 Å². The Kier molecular flexibility index (Phi) is 11.7. The Morgan fingerprint density at radius 1 is 0.338 bits per heavy atom. The van der Waals surface area contributed by atoms with Gasteiger partial charge in [0, 0.05) is 50.5 Å². The van der Waals surface area contributed by atoms with E-state index in [0.29, 0.717) is 0 Å². The fourth-order valence-corrected chi connectivity index (χ4v) is 9.50. The minimum absolute atomic E-state index is 0.0765. The second-order valence-electron chi connectivity index (χ2n) is 20.0. The molecular weight excluding hydrogens is 825 g/mol. The van der Waals surface area contributed by atoms with Crippen LogP contribution in [0.2, 0.25) is 0 Å². The second kappa shape index (κ2) is 18.1. The first-order chi connectivity index (χ1) is 32.9. The van der Waals surface area contributed by atoms with Crippen molar-refractivity contribution in [3.05, 3.63) is 241 Å². The predicted octanol–water partition coefficient (Wildman–Crippen LogP) is 18.9. The standard InChI is InChI=1S/C65H58N2O/c1-45-37-48(57-33-21-36-60-61(57)44-68-63(60)62-58(46-23-12-8-13-24-46)34-22-35-59(62)47-25-14-9-15-26-47)39-55(38-45)67(56-41-49(64(2,3)4)40-50(42-56)65(5,6)7)54-32-20-31-53(43-54)66(51-27-16-10-17-28-51)52-29-18-11-19-30-52/h8-44H,1-7H3. The van der Waals surface area contributed by atoms with Crippen LogP contribution in [0.3, 0.4) is 0 Å². The number of fused-ring (bicyclic) bond motifs is 1. The molecule has 0 aliphatic rings. The molecule has 1 aromatic heterocycles. The SMILES string of the molecule is Cc1cc(-c2cccc3c(-c4c(-c5ccccc5)cccc4-c4ccccc4)occ23)cc(N(c2cccc(N(c3ccccc3)c3ccccc3)c2)c2cc(C(C)(C)C)cc(C(C)(C)C)c2)c1. The Morgan fingerprint density at radius 2 is 0.779 bits per heavy atom. The summed E-state index contributed by atoms with van der Waals surface area (Å²) in [5.41, 5.74) is 18.0. The van der Waals surface area contributed by atoms with E-state index >= 15 is 0 Å². The molecular formula is C65H58N2O. The Bertz CT molecular complexity index is 3230. The molecule has 0 amide bonds. The molecule has 0 radical (unpaired) electrons. The molecule has 0 spiro atoms. The van der Waals surface area contributed by atoms with Crippen LogP contribution >= 0.6 is 0 Å². The van der Waals surface area contributed by atoms with E-state index in [1.54, 1.807) is 0 Å². The van der Waals surface area contributed by atoms with Crippen LogP contribution < -0.4 is 9.80 Å². The maximum Gasteiger partial charge on any atom is 0.142 e. The molecule has 0 aliphatic heterocycles. The third-order valence-corrected chi connectivity index (χ3v) is 13.0. The van der Waals surface area contributed by atoms with Crippen LogP contribution in [-0.4, -0.2) is 0 Å². The summed E-state index contributed by atoms with van der Waals surface area (Å²) in [7, 11) is 0. The highest BCUT2D eigenvalue weighted by molar-refractivity contribution is 6.08. The van der Waals surface area contributed by atoms with Crippen molar-refractivity contribution in [3.63, 3.8) is 0 Å². The van der Waals surface area contributed by atoms with Crippen LogP contribution in [-0.2, 0) is 10.8 Å². The highest BCUT2D eigenvalue weighted by Gasteiger charge is 2.26. The van der Waals surface area contributed by atoms with Crippen LogP contribution in [0.15, 0.2) is 229 Å². The van der Waals surface area contributed by atoms with Gasteiger partial charge in [0.05, 0.1) is 6.26 Å². The van der Waals surface area contributed by atoms with Gasteiger partial charge >= 0.3 is 0 Å². The number of rotatable bonds is 10. The highest BCUT2D eigenvalue weighted by Crippen LogP contribution is 2.47. The predicted molar refractivity (Wildman–Crippen MR) is 289 cm³/mol. The van der Waals surface area contributed by atoms with E-state index < -0.39 is 0 Å². The lowest BCUT2D eigenvalue weighted by Gasteiger charge is -2.32. The maximum atomic E-state index is 6.82. The van der Waals surface area contributed by atoms with Crippen molar-refractivity contribution in [2.45, 2.75) is 59.3 Å². The molecule has 10 rings (SSSR count). The summed E-state index contributed by atoms with van der Waals surface area (Å²) >= 11 is 0. The zero-order chi connectivity index (χ0) is 47.0. The van der Waals surface area contributed by atoms with E-state index in [1.165, 1.54) is 16.7 Å². The van der Waals surface area contributed by atoms with Crippen molar-refractivity contribution >= 4 is 44.9 Å². The van der Waals surface area contributed by atoms with Crippen LogP contribution in [0.25, 0.3) is 55.5 Å². The largest absolute Gasteiger partial charge is 0.463 e. The lowest BCUT2D eigenvalue weighted by molar-refractivity contribution is 0.569. The molecule has 0 unspecified atom stereocenters. The van der Waals surface area contributed by atoms with Crippen LogP contribution in [0.5, 0.6) is 0 Å². The molecule has 334 valence electrons. The minimum atomic E-state index is -0.0765. The van der Waals surface area contributed by atoms with Crippen molar-refractivity contribution in [2.24, 2.45) is 0 Å². The molecule has 10 aromatic rings. The highest BCUT2D eigenvalue weighted by atomic mass is 16.3. The van der Waals surface area contributed by atoms with Crippen molar-refractivity contribution < 1.29 is 4.42 Å². The number of hydrogen-bond donors (Lipinski definition) is 0. The quantitative estimate of drug-likeness (QED) is 0.136. The maximum absolute atomic E-state index is 6.82. The summed E-state index contributed by atoms with van der Waals surface area (Å²) in [6.45, 7) is 16.1. The molecule has 1 heterocycles. The van der Waals surface area contributed by atoms with Gasteiger partial charge in [-0.1, -0.05) is 193 Å². The third kappa shape index (κ3) is 8.76. The monoisotopic (exact) mass is 882 g/mol. The van der Waals surface area contributed by atoms with Gasteiger partial charge in [-0.25, -0.2) is 0 Å². The average Bonchev–Trinajstić information content (AvgIpc) is 3.79. The summed E-state index contributed by atoms with van der Waals surface area (Å²) < 4.78 is 6.82. The second-order valence-corrected chi connectivity index (χ2v) is 20.0. The number of furan rings is 1. The first-order valence-corrected chi connectivity index (χ1v) is 23.7. The Balaban J connectivity index is 1.17. The van der Waals surface area contributed by atoms with Gasteiger partial charge in [0.15, 0.2) is 0 Å². The number of hydrogen-bond acceptors (Lipinski definition) is 3. The lowest BCUT2D eigenvalue weighted by atomic mass is 9.80. The van der Waals surface area contributed by atoms with Gasteiger partial charge in [0.2, 0.25) is 0 Å². The summed E-state index contributed by atoms with van der Waals surface area (Å²) in [5.74, 6) is 0.863. The third-order valence-electron chi connectivity index (χ3n) is 13.0. The summed E-state index contributed by atoms with van der Waals surface area (Å²) in [6, 6.07) is 79.0. The van der Waals surface area contributed by atoms with E-state index in [2.05, 4.69) is 277 Å². The first kappa shape index (κ1) is 44.0. The molecule has 9 aromatic carbocycles. The van der Waals surface area contributed by atoms with E-state index in [9.17, 15) is 0 Å². The van der Waals surface area contributed by atoms with Gasteiger partial charge in [-0.05, 0) is 135 Å². The zero-order valence-electron chi connectivity index (χ0n) is 40.2. The van der Waals surface area contributed by atoms with Crippen molar-refractivity contribution in [1.29, 1.82) is 0 Å². The summed E-state index contributed by atoms with van der Waals surface area (Å²) in [6.07, 6.45) is 1.96. The molecule has 3 heteroatoms. The number of aryl methyl sites for hydroxylation is 1. The van der Waals surface area contributed by atoms with E-state index in [-0.39, 0.29) is 10.8 Å². The smallest absolute Gasteiger partial charge is 0.142 e. The fourth-order valence-electron chi connectivity index (χ4n) is 9.50. The van der Waals surface area contributed by atoms with Gasteiger partial charge in [-0.2, -0.15) is 0 Å². The van der Waals surface area contributed by atoms with Gasteiger partial charge < -0.3 is 14.2 Å². The van der Waals surface area contributed by atoms with Crippen LogP contribution in [0.4, 0.5) is 34.1 Å². The van der Waals surface area contributed by atoms with Gasteiger partial charge in [-0.3, -0.25) is 0 Å². The number of benzene rings is 9. The van der Waals surface area contributed by atoms with E-state index in [4.69, 9.17) is 4.42 Å². The fraction of sp³-hybridized carbons (Fsp3) is 0.138. The van der Waals surface area contributed by atoms with Crippen LogP contribution in [0, 0.1) is 6.92 Å². The van der Waals surface area contributed by atoms with Crippen LogP contribution in [0.1, 0.15) is 58.2 Å². The molecule has 0 atom stereocenters. The Hall–Kier alpha value is -7.88. The molecule has 0 saturated heterocycles. The van der Waals surface area contributed by atoms with Crippen molar-refractivity contribution in [3.8, 4) is 44.7 Å².